The fourth-order valence-electron chi connectivity index (χ4n) is 0.856. The van der Waals surface area contributed by atoms with Gasteiger partial charge in [-0.25, -0.2) is 14.4 Å². The highest BCUT2D eigenvalue weighted by Crippen LogP contribution is 2.08. The molecule has 74 valence electrons. The van der Waals surface area contributed by atoms with Gasteiger partial charge < -0.3 is 15.3 Å². The highest BCUT2D eigenvalue weighted by molar-refractivity contribution is 6.02. The second-order valence-electron chi connectivity index (χ2n) is 2.21. The van der Waals surface area contributed by atoms with Crippen LogP contribution < -0.4 is 0 Å². The molecule has 1 aromatic heterocycles. The third kappa shape index (κ3) is 1.40. The van der Waals surface area contributed by atoms with Crippen molar-refractivity contribution in [3.05, 3.63) is 17.5 Å². The topological polar surface area (TPSA) is 130 Å². The molecule has 3 N–H and O–H groups in total. The summed E-state index contributed by atoms with van der Waals surface area (Å²) in [4.78, 5) is 31.4. The average molecular weight is 200 g/mol. The van der Waals surface area contributed by atoms with Crippen LogP contribution in [0.2, 0.25) is 0 Å². The van der Waals surface area contributed by atoms with Crippen molar-refractivity contribution < 1.29 is 29.7 Å². The van der Waals surface area contributed by atoms with Crippen LogP contribution in [0.25, 0.3) is 0 Å². The molecule has 1 aromatic rings. The summed E-state index contributed by atoms with van der Waals surface area (Å²) in [5.74, 6) is -3.21. The van der Waals surface area contributed by atoms with Crippen LogP contribution in [0.3, 0.4) is 0 Å². The molecular formula is C6H4N2O6. The first-order valence-corrected chi connectivity index (χ1v) is 3.23. The molecule has 0 amide bonds. The smallest absolute Gasteiger partial charge is 0.433 e. The Kier molecular flexibility index (Phi) is 2.19. The molecule has 0 aromatic carbocycles. The summed E-state index contributed by atoms with van der Waals surface area (Å²) < 4.78 is 0.0891. The molecule has 1 rings (SSSR count). The summed E-state index contributed by atoms with van der Waals surface area (Å²) in [6, 6.07) is 0. The van der Waals surface area contributed by atoms with E-state index in [1.165, 1.54) is 0 Å². The molecule has 8 nitrogen and oxygen atoms in total. The number of hydrogen-bond acceptors (Lipinski definition) is 4. The van der Waals surface area contributed by atoms with Gasteiger partial charge in [-0.15, -0.1) is 0 Å². The summed E-state index contributed by atoms with van der Waals surface area (Å²) in [5, 5.41) is 28.6. The van der Waals surface area contributed by atoms with E-state index in [2.05, 4.69) is 5.10 Å². The number of aromatic nitrogens is 2. The minimum atomic E-state index is -1.66. The van der Waals surface area contributed by atoms with Gasteiger partial charge in [0.05, 0.1) is 6.20 Å². The molecule has 14 heavy (non-hydrogen) atoms. The van der Waals surface area contributed by atoms with E-state index in [9.17, 15) is 14.4 Å². The van der Waals surface area contributed by atoms with Crippen LogP contribution in [0.5, 0.6) is 0 Å². The lowest BCUT2D eigenvalue weighted by atomic mass is 10.2. The zero-order valence-corrected chi connectivity index (χ0v) is 6.54. The van der Waals surface area contributed by atoms with Crippen LogP contribution in [-0.2, 0) is 0 Å². The van der Waals surface area contributed by atoms with E-state index in [1.807, 2.05) is 0 Å². The minimum Gasteiger partial charge on any atom is -0.478 e. The Morgan fingerprint density at radius 1 is 1.14 bits per heavy atom. The maximum Gasteiger partial charge on any atom is 0.433 e. The van der Waals surface area contributed by atoms with Gasteiger partial charge in [-0.2, -0.15) is 9.78 Å². The van der Waals surface area contributed by atoms with E-state index in [1.54, 1.807) is 0 Å². The first-order chi connectivity index (χ1) is 6.45. The van der Waals surface area contributed by atoms with Crippen molar-refractivity contribution in [2.45, 2.75) is 0 Å². The number of carbonyl (C=O) groups is 3. The molecule has 0 saturated carbocycles. The normalized spacial score (nSPS) is 9.71. The molecule has 0 aliphatic carbocycles. The number of hydrogen-bond donors (Lipinski definition) is 3. The first-order valence-electron chi connectivity index (χ1n) is 3.23. The van der Waals surface area contributed by atoms with Gasteiger partial charge in [-0.1, -0.05) is 0 Å². The number of aromatic carboxylic acids is 2. The van der Waals surface area contributed by atoms with Gasteiger partial charge in [0.25, 0.3) is 0 Å². The summed E-state index contributed by atoms with van der Waals surface area (Å²) in [6.07, 6.45) is -0.991. The molecule has 0 unspecified atom stereocenters. The summed E-state index contributed by atoms with van der Waals surface area (Å²) in [7, 11) is 0. The van der Waals surface area contributed by atoms with Crippen LogP contribution in [-0.4, -0.2) is 43.1 Å². The van der Waals surface area contributed by atoms with Crippen LogP contribution in [0, 0.1) is 0 Å². The summed E-state index contributed by atoms with van der Waals surface area (Å²) in [6.45, 7) is 0. The van der Waals surface area contributed by atoms with Gasteiger partial charge in [0.1, 0.15) is 5.56 Å². The molecule has 0 fully saturated rings. The van der Waals surface area contributed by atoms with Crippen LogP contribution in [0.1, 0.15) is 20.8 Å². The zero-order valence-electron chi connectivity index (χ0n) is 6.54. The van der Waals surface area contributed by atoms with Crippen molar-refractivity contribution in [2.75, 3.05) is 0 Å². The number of carboxylic acids is 2. The van der Waals surface area contributed by atoms with Crippen molar-refractivity contribution in [3.63, 3.8) is 0 Å². The van der Waals surface area contributed by atoms with Gasteiger partial charge in [0.2, 0.25) is 0 Å². The second kappa shape index (κ2) is 3.17. The molecule has 0 atom stereocenters. The molecular weight excluding hydrogens is 196 g/mol. The van der Waals surface area contributed by atoms with Crippen molar-refractivity contribution in [1.29, 1.82) is 0 Å². The first kappa shape index (κ1) is 9.71. The van der Waals surface area contributed by atoms with E-state index in [4.69, 9.17) is 15.3 Å². The fourth-order valence-corrected chi connectivity index (χ4v) is 0.856. The Morgan fingerprint density at radius 3 is 2.07 bits per heavy atom. The Hall–Kier alpha value is -2.38. The monoisotopic (exact) mass is 200 g/mol. The van der Waals surface area contributed by atoms with Gasteiger partial charge in [0.15, 0.2) is 5.69 Å². The SMILES string of the molecule is O=C(O)c1cnn(C(=O)O)c1C(=O)O. The maximum absolute atomic E-state index is 10.5. The third-order valence-corrected chi connectivity index (χ3v) is 1.38. The predicted octanol–water partition coefficient (Wildman–Crippen LogP) is -0.194. The molecule has 0 bridgehead atoms. The molecule has 1 heterocycles. The lowest BCUT2D eigenvalue weighted by Gasteiger charge is -1.96. The molecule has 0 saturated heterocycles. The standard InChI is InChI=1S/C6H4N2O6/c9-4(10)2-1-7-8(6(13)14)3(2)5(11)12/h1H,(H,9,10)(H,11,12)(H,13,14). The molecule has 0 spiro atoms. The maximum atomic E-state index is 10.5. The van der Waals surface area contributed by atoms with Gasteiger partial charge in [-0.05, 0) is 0 Å². The van der Waals surface area contributed by atoms with Crippen molar-refractivity contribution in [3.8, 4) is 0 Å². The molecule has 0 aliphatic heterocycles. The Morgan fingerprint density at radius 2 is 1.71 bits per heavy atom. The van der Waals surface area contributed by atoms with E-state index in [0.717, 1.165) is 0 Å². The van der Waals surface area contributed by atoms with E-state index in [0.29, 0.717) is 6.20 Å². The average Bonchev–Trinajstić information content (AvgIpc) is 2.46. The Balaban J connectivity index is 3.42. The highest BCUT2D eigenvalue weighted by atomic mass is 16.4. The van der Waals surface area contributed by atoms with Gasteiger partial charge >= 0.3 is 18.0 Å². The lowest BCUT2D eigenvalue weighted by molar-refractivity contribution is 0.0643. The predicted molar refractivity (Wildman–Crippen MR) is 39.6 cm³/mol. The van der Waals surface area contributed by atoms with E-state index >= 15 is 0 Å². The highest BCUT2D eigenvalue weighted by Gasteiger charge is 2.25. The largest absolute Gasteiger partial charge is 0.478 e. The molecule has 8 heteroatoms. The van der Waals surface area contributed by atoms with E-state index in [-0.39, 0.29) is 4.68 Å². The lowest BCUT2D eigenvalue weighted by Crippen LogP contribution is -2.18. The number of nitrogens with zero attached hydrogens (tertiary/aromatic N) is 2. The van der Waals surface area contributed by atoms with Crippen LogP contribution in [0.4, 0.5) is 4.79 Å². The fraction of sp³-hybridized carbons (Fsp3) is 0. The third-order valence-electron chi connectivity index (χ3n) is 1.38. The Bertz CT molecular complexity index is 388. The van der Waals surface area contributed by atoms with Crippen LogP contribution >= 0.6 is 0 Å². The van der Waals surface area contributed by atoms with E-state index < -0.39 is 29.3 Å². The summed E-state index contributed by atoms with van der Waals surface area (Å²) in [5.41, 5.74) is -1.55. The Labute approximate surface area is 76.0 Å². The van der Waals surface area contributed by atoms with Crippen molar-refractivity contribution in [2.24, 2.45) is 0 Å². The van der Waals surface area contributed by atoms with Gasteiger partial charge in [-0.3, -0.25) is 0 Å². The van der Waals surface area contributed by atoms with Gasteiger partial charge in [0, 0.05) is 0 Å². The van der Waals surface area contributed by atoms with Crippen molar-refractivity contribution in [1.82, 2.24) is 9.78 Å². The zero-order chi connectivity index (χ0) is 10.9. The molecule has 0 radical (unpaired) electrons. The molecule has 0 aliphatic rings. The number of carboxylic acid groups (broad SMARTS) is 3. The quantitative estimate of drug-likeness (QED) is 0.602. The summed E-state index contributed by atoms with van der Waals surface area (Å²) >= 11 is 0. The second-order valence-corrected chi connectivity index (χ2v) is 2.21. The number of rotatable bonds is 2. The van der Waals surface area contributed by atoms with Crippen molar-refractivity contribution >= 4 is 18.0 Å². The minimum absolute atomic E-state index is 0.0891. The van der Waals surface area contributed by atoms with Crippen LogP contribution in [0.15, 0.2) is 6.20 Å².